The molecule has 0 bridgehead atoms. The third-order valence-electron chi connectivity index (χ3n) is 6.75. The summed E-state index contributed by atoms with van der Waals surface area (Å²) in [7, 11) is -2.48. The van der Waals surface area contributed by atoms with E-state index in [1.165, 1.54) is 60.5 Å². The normalized spacial score (nSPS) is 15.6. The van der Waals surface area contributed by atoms with Crippen LogP contribution < -0.4 is 29.8 Å². The number of sulfonamides is 1. The van der Waals surface area contributed by atoms with E-state index >= 15 is 0 Å². The molecule has 2 N–H and O–H groups in total. The summed E-state index contributed by atoms with van der Waals surface area (Å²) in [5, 5.41) is 10.4. The summed E-state index contributed by atoms with van der Waals surface area (Å²) in [6.07, 6.45) is -2.42. The Labute approximate surface area is 231 Å². The Morgan fingerprint density at radius 3 is 2.44 bits per heavy atom. The highest BCUT2D eigenvalue weighted by Crippen LogP contribution is 2.44. The Morgan fingerprint density at radius 2 is 1.78 bits per heavy atom. The molecule has 2 aliphatic rings. The monoisotopic (exact) mass is 584 g/mol. The highest BCUT2D eigenvalue weighted by Gasteiger charge is 2.44. The van der Waals surface area contributed by atoms with E-state index in [1.54, 1.807) is 12.1 Å². The van der Waals surface area contributed by atoms with Crippen molar-refractivity contribution in [2.75, 3.05) is 12.0 Å². The van der Waals surface area contributed by atoms with Crippen LogP contribution in [0.1, 0.15) is 12.8 Å². The SMILES string of the molecule is COc1ccc2c(-c3ccc(S(N)(=O)=O)cc3)nn(CC(=O)N(c3ccc4c(c3)OC(F)(F)O4)C3CC3)c(=O)c2c1. The predicted molar refractivity (Wildman–Crippen MR) is 143 cm³/mol. The van der Waals surface area contributed by atoms with Gasteiger partial charge in [-0.2, -0.15) is 5.10 Å². The molecule has 1 aromatic heterocycles. The Bertz CT molecular complexity index is 1870. The number of hydrogen-bond donors (Lipinski definition) is 1. The molecule has 14 heteroatoms. The zero-order valence-electron chi connectivity index (χ0n) is 21.4. The van der Waals surface area contributed by atoms with Crippen molar-refractivity contribution in [1.29, 1.82) is 0 Å². The summed E-state index contributed by atoms with van der Waals surface area (Å²) in [6, 6.07) is 14.3. The number of primary sulfonamides is 1. The van der Waals surface area contributed by atoms with Crippen LogP contribution in [-0.4, -0.2) is 43.6 Å². The minimum absolute atomic E-state index is 0.0997. The zero-order valence-corrected chi connectivity index (χ0v) is 22.2. The molecule has 0 radical (unpaired) electrons. The molecule has 1 aliphatic carbocycles. The van der Waals surface area contributed by atoms with Gasteiger partial charge in [0.2, 0.25) is 15.9 Å². The van der Waals surface area contributed by atoms with Crippen molar-refractivity contribution in [1.82, 2.24) is 9.78 Å². The van der Waals surface area contributed by atoms with Gasteiger partial charge in [-0.25, -0.2) is 18.2 Å². The molecule has 212 valence electrons. The average molecular weight is 585 g/mol. The second kappa shape index (κ2) is 9.52. The van der Waals surface area contributed by atoms with Gasteiger partial charge in [0.1, 0.15) is 12.3 Å². The molecule has 1 fully saturated rings. The Kier molecular flexibility index (Phi) is 6.19. The van der Waals surface area contributed by atoms with E-state index in [1.807, 2.05) is 0 Å². The largest absolute Gasteiger partial charge is 0.586 e. The lowest BCUT2D eigenvalue weighted by Crippen LogP contribution is -2.39. The van der Waals surface area contributed by atoms with Crippen LogP contribution in [0, 0.1) is 0 Å². The van der Waals surface area contributed by atoms with Gasteiger partial charge in [0.25, 0.3) is 5.56 Å². The number of nitrogens with two attached hydrogens (primary N) is 1. The Morgan fingerprint density at radius 1 is 1.07 bits per heavy atom. The predicted octanol–water partition coefficient (Wildman–Crippen LogP) is 3.24. The topological polar surface area (TPSA) is 143 Å². The average Bonchev–Trinajstić information content (AvgIpc) is 3.70. The number of methoxy groups -OCH3 is 1. The van der Waals surface area contributed by atoms with Crippen LogP contribution >= 0.6 is 0 Å². The van der Waals surface area contributed by atoms with Gasteiger partial charge in [0.15, 0.2) is 11.5 Å². The van der Waals surface area contributed by atoms with Crippen molar-refractivity contribution in [3.05, 3.63) is 71.0 Å². The van der Waals surface area contributed by atoms with Crippen LogP contribution in [0.4, 0.5) is 14.5 Å². The highest BCUT2D eigenvalue weighted by atomic mass is 32.2. The molecule has 0 saturated heterocycles. The molecule has 2 heterocycles. The van der Waals surface area contributed by atoms with Crippen molar-refractivity contribution >= 4 is 32.4 Å². The van der Waals surface area contributed by atoms with Gasteiger partial charge in [-0.1, -0.05) is 12.1 Å². The van der Waals surface area contributed by atoms with Crippen LogP contribution in [0.5, 0.6) is 17.2 Å². The van der Waals surface area contributed by atoms with Crippen LogP contribution in [0.2, 0.25) is 0 Å². The molecule has 0 spiro atoms. The minimum Gasteiger partial charge on any atom is -0.497 e. The zero-order chi connectivity index (χ0) is 29.1. The lowest BCUT2D eigenvalue weighted by atomic mass is 10.0. The van der Waals surface area contributed by atoms with Crippen LogP contribution in [-0.2, 0) is 21.4 Å². The molecular formula is C27H22F2N4O7S. The first-order chi connectivity index (χ1) is 19.4. The van der Waals surface area contributed by atoms with E-state index in [9.17, 15) is 26.8 Å². The molecule has 6 rings (SSSR count). The maximum Gasteiger partial charge on any atom is 0.586 e. The maximum absolute atomic E-state index is 13.6. The second-order valence-corrected chi connectivity index (χ2v) is 11.1. The number of amides is 1. The minimum atomic E-state index is -3.93. The smallest absolute Gasteiger partial charge is 0.497 e. The quantitative estimate of drug-likeness (QED) is 0.349. The number of carbonyl (C=O) groups excluding carboxylic acids is 1. The number of carbonyl (C=O) groups is 1. The summed E-state index contributed by atoms with van der Waals surface area (Å²) in [5.41, 5.74) is 0.550. The third kappa shape index (κ3) is 5.07. The van der Waals surface area contributed by atoms with Gasteiger partial charge in [0, 0.05) is 28.7 Å². The van der Waals surface area contributed by atoms with Crippen molar-refractivity contribution in [2.45, 2.75) is 36.6 Å². The van der Waals surface area contributed by atoms with Gasteiger partial charge in [-0.15, -0.1) is 8.78 Å². The van der Waals surface area contributed by atoms with Gasteiger partial charge in [-0.05, 0) is 55.3 Å². The Balaban J connectivity index is 1.41. The van der Waals surface area contributed by atoms with E-state index < -0.39 is 34.3 Å². The molecule has 0 atom stereocenters. The van der Waals surface area contributed by atoms with Crippen LogP contribution in [0.3, 0.4) is 0 Å². The standard InChI is InChI=1S/C27H22F2N4O7S/c1-38-18-7-10-20-21(13-18)26(35)32(31-25(20)15-2-8-19(9-3-15)41(30,36)37)14-24(34)33(16-4-5-16)17-6-11-22-23(12-17)40-27(28,29)39-22/h2-3,6-13,16H,4-5,14H2,1H3,(H2,30,36,37). The van der Waals surface area contributed by atoms with E-state index in [0.29, 0.717) is 40.9 Å². The van der Waals surface area contributed by atoms with Crippen molar-refractivity contribution in [2.24, 2.45) is 5.14 Å². The molecule has 11 nitrogen and oxygen atoms in total. The van der Waals surface area contributed by atoms with Crippen molar-refractivity contribution in [3.63, 3.8) is 0 Å². The summed E-state index contributed by atoms with van der Waals surface area (Å²) in [4.78, 5) is 28.5. The summed E-state index contributed by atoms with van der Waals surface area (Å²) >= 11 is 0. The summed E-state index contributed by atoms with van der Waals surface area (Å²) in [5.74, 6) is -0.442. The number of fused-ring (bicyclic) bond motifs is 2. The number of aromatic nitrogens is 2. The molecular weight excluding hydrogens is 562 g/mol. The van der Waals surface area contributed by atoms with Crippen LogP contribution in [0.25, 0.3) is 22.0 Å². The van der Waals surface area contributed by atoms with Crippen molar-refractivity contribution in [3.8, 4) is 28.5 Å². The van der Waals surface area contributed by atoms with Gasteiger partial charge in [0.05, 0.1) is 23.1 Å². The fraction of sp³-hybridized carbons (Fsp3) is 0.222. The molecule has 41 heavy (non-hydrogen) atoms. The number of hydrogen-bond acceptors (Lipinski definition) is 8. The number of alkyl halides is 2. The van der Waals surface area contributed by atoms with Crippen molar-refractivity contribution < 1.29 is 36.2 Å². The lowest BCUT2D eigenvalue weighted by molar-refractivity contribution is -0.286. The van der Waals surface area contributed by atoms with E-state index in [0.717, 1.165) is 4.68 Å². The first kappa shape index (κ1) is 26.7. The third-order valence-corrected chi connectivity index (χ3v) is 7.68. The van der Waals surface area contributed by atoms with Gasteiger partial charge in [-0.3, -0.25) is 9.59 Å². The molecule has 1 amide bonds. The number of halogens is 2. The van der Waals surface area contributed by atoms with Gasteiger partial charge >= 0.3 is 6.29 Å². The molecule has 1 saturated carbocycles. The number of nitrogens with zero attached hydrogens (tertiary/aromatic N) is 3. The Hall–Kier alpha value is -4.56. The molecule has 0 unspecified atom stereocenters. The summed E-state index contributed by atoms with van der Waals surface area (Å²) < 4.78 is 65.9. The number of ether oxygens (including phenoxy) is 3. The summed E-state index contributed by atoms with van der Waals surface area (Å²) in [6.45, 7) is -0.463. The highest BCUT2D eigenvalue weighted by molar-refractivity contribution is 7.89. The molecule has 4 aromatic rings. The number of rotatable bonds is 7. The van der Waals surface area contributed by atoms with E-state index in [2.05, 4.69) is 14.6 Å². The number of anilines is 1. The lowest BCUT2D eigenvalue weighted by Gasteiger charge is -2.23. The first-order valence-corrected chi connectivity index (χ1v) is 13.9. The van der Waals surface area contributed by atoms with E-state index in [-0.39, 0.29) is 27.8 Å². The molecule has 1 aliphatic heterocycles. The first-order valence-electron chi connectivity index (χ1n) is 12.4. The fourth-order valence-corrected chi connectivity index (χ4v) is 5.21. The maximum atomic E-state index is 13.6. The van der Waals surface area contributed by atoms with Crippen LogP contribution in [0.15, 0.2) is 70.4 Å². The van der Waals surface area contributed by atoms with Gasteiger partial charge < -0.3 is 19.1 Å². The molecule has 3 aromatic carbocycles. The second-order valence-electron chi connectivity index (χ2n) is 9.59. The fourth-order valence-electron chi connectivity index (χ4n) is 4.70. The number of benzene rings is 3. The van der Waals surface area contributed by atoms with E-state index in [4.69, 9.17) is 9.88 Å².